The molecule has 2 N–H and O–H groups in total. The van der Waals surface area contributed by atoms with Gasteiger partial charge in [-0.05, 0) is 40.5 Å². The van der Waals surface area contributed by atoms with Crippen LogP contribution in [0.15, 0.2) is 27.2 Å². The lowest BCUT2D eigenvalue weighted by atomic mass is 10.2. The number of aromatic carboxylic acids is 1. The molecule has 1 aromatic heterocycles. The summed E-state index contributed by atoms with van der Waals surface area (Å²) in [6, 6.07) is 5.06. The van der Waals surface area contributed by atoms with Crippen molar-refractivity contribution in [2.75, 3.05) is 5.32 Å². The second-order valence-electron chi connectivity index (χ2n) is 3.92. The Kier molecular flexibility index (Phi) is 4.11. The van der Waals surface area contributed by atoms with Gasteiger partial charge in [-0.1, -0.05) is 16.8 Å². The highest BCUT2D eigenvalue weighted by Gasteiger charge is 2.11. The molecular weight excluding hydrogens is 336 g/mol. The van der Waals surface area contributed by atoms with Gasteiger partial charge in [0.05, 0.1) is 12.2 Å². The lowest BCUT2D eigenvalue weighted by Gasteiger charge is -2.08. The first kappa shape index (κ1) is 13.9. The van der Waals surface area contributed by atoms with Gasteiger partial charge < -0.3 is 14.9 Å². The van der Waals surface area contributed by atoms with Gasteiger partial charge >= 0.3 is 5.97 Å². The zero-order valence-corrected chi connectivity index (χ0v) is 12.2. The van der Waals surface area contributed by atoms with E-state index in [1.807, 2.05) is 13.0 Å². The normalized spacial score (nSPS) is 10.5. The first-order chi connectivity index (χ1) is 8.97. The summed E-state index contributed by atoms with van der Waals surface area (Å²) >= 11 is 9.46. The molecule has 0 aliphatic heterocycles. The SMILES string of the molecule is Cc1cc(Br)c(NCc2cc(C(=O)O)no2)cc1Cl. The van der Waals surface area contributed by atoms with Crippen LogP contribution in [0.1, 0.15) is 21.8 Å². The summed E-state index contributed by atoms with van der Waals surface area (Å²) in [6.45, 7) is 2.23. The van der Waals surface area contributed by atoms with E-state index in [-0.39, 0.29) is 5.69 Å². The van der Waals surface area contributed by atoms with Crippen LogP contribution in [0.3, 0.4) is 0 Å². The van der Waals surface area contributed by atoms with Crippen LogP contribution in [0.25, 0.3) is 0 Å². The van der Waals surface area contributed by atoms with E-state index >= 15 is 0 Å². The van der Waals surface area contributed by atoms with Crippen molar-refractivity contribution >= 4 is 39.2 Å². The third kappa shape index (κ3) is 3.27. The quantitative estimate of drug-likeness (QED) is 0.883. The minimum absolute atomic E-state index is 0.113. The standard InChI is InChI=1S/C12H10BrClN2O3/c1-6-2-8(13)10(4-9(6)14)15-5-7-3-11(12(17)18)16-19-7/h2-4,15H,5H2,1H3,(H,17,18). The Labute approximate surface area is 122 Å². The van der Waals surface area contributed by atoms with Gasteiger partial charge in [-0.3, -0.25) is 0 Å². The number of halogens is 2. The maximum absolute atomic E-state index is 10.7. The highest BCUT2D eigenvalue weighted by molar-refractivity contribution is 9.10. The molecule has 19 heavy (non-hydrogen) atoms. The number of hydrogen-bond donors (Lipinski definition) is 2. The molecule has 1 heterocycles. The summed E-state index contributed by atoms with van der Waals surface area (Å²) in [4.78, 5) is 10.7. The number of carboxylic acids is 1. The molecule has 0 aliphatic carbocycles. The number of nitrogens with one attached hydrogen (secondary N) is 1. The molecule has 0 unspecified atom stereocenters. The molecule has 100 valence electrons. The fourth-order valence-corrected chi connectivity index (χ4v) is 2.22. The van der Waals surface area contributed by atoms with Crippen molar-refractivity contribution in [2.45, 2.75) is 13.5 Å². The lowest BCUT2D eigenvalue weighted by Crippen LogP contribution is -2.00. The van der Waals surface area contributed by atoms with E-state index in [9.17, 15) is 4.79 Å². The van der Waals surface area contributed by atoms with Crippen LogP contribution >= 0.6 is 27.5 Å². The first-order valence-electron chi connectivity index (χ1n) is 5.36. The molecule has 2 aromatic rings. The number of aryl methyl sites for hydroxylation is 1. The van der Waals surface area contributed by atoms with E-state index in [4.69, 9.17) is 21.2 Å². The molecule has 2 rings (SSSR count). The van der Waals surface area contributed by atoms with E-state index < -0.39 is 5.97 Å². The Morgan fingerprint density at radius 1 is 1.53 bits per heavy atom. The molecule has 0 saturated heterocycles. The summed E-state index contributed by atoms with van der Waals surface area (Å²) in [6.07, 6.45) is 0. The van der Waals surface area contributed by atoms with Gasteiger partial charge in [0.25, 0.3) is 0 Å². The van der Waals surface area contributed by atoms with Gasteiger partial charge in [-0.2, -0.15) is 0 Å². The molecule has 0 amide bonds. The van der Waals surface area contributed by atoms with Gasteiger partial charge in [0.1, 0.15) is 0 Å². The largest absolute Gasteiger partial charge is 0.476 e. The smallest absolute Gasteiger partial charge is 0.358 e. The highest BCUT2D eigenvalue weighted by Crippen LogP contribution is 2.29. The fraction of sp³-hybridized carbons (Fsp3) is 0.167. The van der Waals surface area contributed by atoms with Crippen molar-refractivity contribution in [3.63, 3.8) is 0 Å². The van der Waals surface area contributed by atoms with Crippen molar-refractivity contribution in [3.05, 3.63) is 44.7 Å². The van der Waals surface area contributed by atoms with Gasteiger partial charge in [-0.15, -0.1) is 0 Å². The predicted molar refractivity (Wildman–Crippen MR) is 74.7 cm³/mol. The molecule has 0 radical (unpaired) electrons. The van der Waals surface area contributed by atoms with Crippen LogP contribution in [-0.4, -0.2) is 16.2 Å². The summed E-state index contributed by atoms with van der Waals surface area (Å²) in [5.74, 6) is -0.685. The monoisotopic (exact) mass is 344 g/mol. The van der Waals surface area contributed by atoms with Gasteiger partial charge in [0.15, 0.2) is 11.5 Å². The van der Waals surface area contributed by atoms with E-state index in [1.54, 1.807) is 6.07 Å². The maximum Gasteiger partial charge on any atom is 0.358 e. The average molecular weight is 346 g/mol. The summed E-state index contributed by atoms with van der Waals surface area (Å²) in [5, 5.41) is 15.9. The van der Waals surface area contributed by atoms with Crippen molar-refractivity contribution < 1.29 is 14.4 Å². The van der Waals surface area contributed by atoms with Crippen molar-refractivity contribution in [2.24, 2.45) is 0 Å². The topological polar surface area (TPSA) is 75.4 Å². The number of nitrogens with zero attached hydrogens (tertiary/aromatic N) is 1. The second kappa shape index (κ2) is 5.63. The van der Waals surface area contributed by atoms with Crippen LogP contribution in [0, 0.1) is 6.92 Å². The number of anilines is 1. The van der Waals surface area contributed by atoms with Gasteiger partial charge in [0, 0.05) is 15.6 Å². The Morgan fingerprint density at radius 3 is 2.89 bits per heavy atom. The van der Waals surface area contributed by atoms with E-state index in [0.29, 0.717) is 17.3 Å². The molecule has 0 saturated carbocycles. The van der Waals surface area contributed by atoms with Crippen LogP contribution in [0.2, 0.25) is 5.02 Å². The lowest BCUT2D eigenvalue weighted by molar-refractivity contribution is 0.0685. The predicted octanol–water partition coefficient (Wildman–Crippen LogP) is 3.71. The van der Waals surface area contributed by atoms with Gasteiger partial charge in [0.2, 0.25) is 0 Å². The number of rotatable bonds is 4. The highest BCUT2D eigenvalue weighted by atomic mass is 79.9. The number of benzene rings is 1. The summed E-state index contributed by atoms with van der Waals surface area (Å²) < 4.78 is 5.77. The molecule has 1 aromatic carbocycles. The second-order valence-corrected chi connectivity index (χ2v) is 5.18. The minimum Gasteiger partial charge on any atom is -0.476 e. The van der Waals surface area contributed by atoms with E-state index in [1.165, 1.54) is 6.07 Å². The molecule has 0 fully saturated rings. The molecule has 0 aliphatic rings. The molecular formula is C12H10BrClN2O3. The van der Waals surface area contributed by atoms with Crippen LogP contribution in [0.4, 0.5) is 5.69 Å². The number of hydrogen-bond acceptors (Lipinski definition) is 4. The number of aromatic nitrogens is 1. The molecule has 5 nitrogen and oxygen atoms in total. The zero-order chi connectivity index (χ0) is 14.0. The molecule has 0 atom stereocenters. The Bertz CT molecular complexity index is 627. The van der Waals surface area contributed by atoms with Crippen LogP contribution < -0.4 is 5.32 Å². The van der Waals surface area contributed by atoms with Crippen LogP contribution in [0.5, 0.6) is 0 Å². The van der Waals surface area contributed by atoms with E-state index in [2.05, 4.69) is 26.4 Å². The third-order valence-electron chi connectivity index (χ3n) is 2.48. The van der Waals surface area contributed by atoms with E-state index in [0.717, 1.165) is 15.7 Å². The summed E-state index contributed by atoms with van der Waals surface area (Å²) in [5.41, 5.74) is 1.65. The Balaban J connectivity index is 2.09. The third-order valence-corrected chi connectivity index (χ3v) is 3.54. The fourth-order valence-electron chi connectivity index (χ4n) is 1.46. The molecule has 7 heteroatoms. The van der Waals surface area contributed by atoms with Crippen molar-refractivity contribution in [3.8, 4) is 0 Å². The summed E-state index contributed by atoms with van der Waals surface area (Å²) in [7, 11) is 0. The van der Waals surface area contributed by atoms with Gasteiger partial charge in [-0.25, -0.2) is 4.79 Å². The number of carbonyl (C=O) groups is 1. The zero-order valence-electron chi connectivity index (χ0n) is 9.91. The average Bonchev–Trinajstić information content (AvgIpc) is 2.81. The molecule has 0 bridgehead atoms. The number of carboxylic acid groups (broad SMARTS) is 1. The minimum atomic E-state index is -1.12. The molecule has 0 spiro atoms. The van der Waals surface area contributed by atoms with Crippen molar-refractivity contribution in [1.29, 1.82) is 0 Å². The maximum atomic E-state index is 10.7. The first-order valence-corrected chi connectivity index (χ1v) is 6.53. The van der Waals surface area contributed by atoms with Crippen LogP contribution in [-0.2, 0) is 6.54 Å². The van der Waals surface area contributed by atoms with Crippen molar-refractivity contribution in [1.82, 2.24) is 5.16 Å². The Hall–Kier alpha value is -1.53. The Morgan fingerprint density at radius 2 is 2.26 bits per heavy atom.